The highest BCUT2D eigenvalue weighted by molar-refractivity contribution is 5.80. The third-order valence-corrected chi connectivity index (χ3v) is 3.17. The number of benzene rings is 1. The average Bonchev–Trinajstić information content (AvgIpc) is 3.20. The monoisotopic (exact) mass is 274 g/mol. The van der Waals surface area contributed by atoms with E-state index in [4.69, 9.17) is 0 Å². The zero-order valence-electron chi connectivity index (χ0n) is 12.8. The molecule has 0 aliphatic heterocycles. The second kappa shape index (κ2) is 7.29. The first-order valence-corrected chi connectivity index (χ1v) is 7.44. The highest BCUT2D eigenvalue weighted by Crippen LogP contribution is 2.18. The molecule has 0 aromatic heterocycles. The Hall–Kier alpha value is -1.55. The molecular formula is C16H26N4. The van der Waals surface area contributed by atoms with E-state index in [0.29, 0.717) is 6.04 Å². The van der Waals surface area contributed by atoms with E-state index >= 15 is 0 Å². The van der Waals surface area contributed by atoms with E-state index in [1.54, 1.807) is 0 Å². The van der Waals surface area contributed by atoms with Gasteiger partial charge in [0.1, 0.15) is 0 Å². The van der Waals surface area contributed by atoms with Crippen molar-refractivity contribution >= 4 is 5.96 Å². The van der Waals surface area contributed by atoms with Crippen LogP contribution in [0.3, 0.4) is 0 Å². The van der Waals surface area contributed by atoms with E-state index in [2.05, 4.69) is 65.8 Å². The number of hydrogen-bond acceptors (Lipinski definition) is 2. The Kier molecular flexibility index (Phi) is 5.41. The van der Waals surface area contributed by atoms with Gasteiger partial charge < -0.3 is 15.5 Å². The molecule has 0 unspecified atom stereocenters. The van der Waals surface area contributed by atoms with Crippen molar-refractivity contribution in [1.29, 1.82) is 0 Å². The Labute approximate surface area is 122 Å². The lowest BCUT2D eigenvalue weighted by atomic mass is 10.1. The van der Waals surface area contributed by atoms with Crippen LogP contribution < -0.4 is 10.6 Å². The van der Waals surface area contributed by atoms with Gasteiger partial charge in [0.25, 0.3) is 0 Å². The van der Waals surface area contributed by atoms with Gasteiger partial charge in [-0.15, -0.1) is 0 Å². The Balaban J connectivity index is 1.96. The van der Waals surface area contributed by atoms with Gasteiger partial charge in [0.2, 0.25) is 0 Å². The predicted molar refractivity (Wildman–Crippen MR) is 84.8 cm³/mol. The summed E-state index contributed by atoms with van der Waals surface area (Å²) < 4.78 is 0. The van der Waals surface area contributed by atoms with Crippen LogP contribution in [-0.2, 0) is 13.1 Å². The summed E-state index contributed by atoms with van der Waals surface area (Å²) in [5, 5.41) is 6.74. The molecule has 0 spiro atoms. The van der Waals surface area contributed by atoms with Gasteiger partial charge in [-0.05, 0) is 45.0 Å². The van der Waals surface area contributed by atoms with Gasteiger partial charge in [-0.25, -0.2) is 4.99 Å². The molecule has 1 fully saturated rings. The van der Waals surface area contributed by atoms with E-state index < -0.39 is 0 Å². The smallest absolute Gasteiger partial charge is 0.191 e. The highest BCUT2D eigenvalue weighted by atomic mass is 15.2. The topological polar surface area (TPSA) is 39.7 Å². The Morgan fingerprint density at radius 2 is 2.05 bits per heavy atom. The van der Waals surface area contributed by atoms with Crippen LogP contribution in [-0.4, -0.2) is 37.5 Å². The van der Waals surface area contributed by atoms with E-state index in [9.17, 15) is 0 Å². The number of nitrogens with one attached hydrogen (secondary N) is 2. The Bertz CT molecular complexity index is 450. The van der Waals surface area contributed by atoms with E-state index in [1.807, 2.05) is 0 Å². The van der Waals surface area contributed by atoms with Crippen LogP contribution in [0.2, 0.25) is 0 Å². The fraction of sp³-hybridized carbons (Fsp3) is 0.562. The molecule has 20 heavy (non-hydrogen) atoms. The maximum absolute atomic E-state index is 4.66. The fourth-order valence-electron chi connectivity index (χ4n) is 2.10. The summed E-state index contributed by atoms with van der Waals surface area (Å²) in [5.41, 5.74) is 2.60. The Morgan fingerprint density at radius 3 is 2.70 bits per heavy atom. The first-order valence-electron chi connectivity index (χ1n) is 7.44. The van der Waals surface area contributed by atoms with Crippen molar-refractivity contribution in [3.05, 3.63) is 35.4 Å². The Morgan fingerprint density at radius 1 is 1.30 bits per heavy atom. The van der Waals surface area contributed by atoms with Crippen LogP contribution >= 0.6 is 0 Å². The van der Waals surface area contributed by atoms with Crippen LogP contribution in [0.4, 0.5) is 0 Å². The molecule has 1 saturated carbocycles. The number of nitrogens with zero attached hydrogens (tertiary/aromatic N) is 2. The molecule has 0 saturated heterocycles. The number of aliphatic imine (C=N–C) groups is 1. The lowest BCUT2D eigenvalue weighted by Crippen LogP contribution is -2.38. The van der Waals surface area contributed by atoms with Gasteiger partial charge in [0.15, 0.2) is 5.96 Å². The van der Waals surface area contributed by atoms with Crippen molar-refractivity contribution in [3.8, 4) is 0 Å². The molecule has 0 amide bonds. The minimum absolute atomic E-state index is 0.632. The van der Waals surface area contributed by atoms with Crippen molar-refractivity contribution in [3.63, 3.8) is 0 Å². The summed E-state index contributed by atoms with van der Waals surface area (Å²) in [6, 6.07) is 9.30. The standard InChI is InChI=1S/C16H26N4/c1-4-17-16(19-15-8-9-15)18-11-13-6-5-7-14(10-13)12-20(2)3/h5-7,10,15H,4,8-9,11-12H2,1-3H3,(H2,17,18,19). The van der Waals surface area contributed by atoms with Crippen molar-refractivity contribution < 1.29 is 0 Å². The van der Waals surface area contributed by atoms with Gasteiger partial charge in [0, 0.05) is 19.1 Å². The molecule has 110 valence electrons. The van der Waals surface area contributed by atoms with E-state index in [1.165, 1.54) is 24.0 Å². The molecule has 4 heteroatoms. The van der Waals surface area contributed by atoms with Crippen LogP contribution in [0.25, 0.3) is 0 Å². The van der Waals surface area contributed by atoms with Crippen LogP contribution in [0.15, 0.2) is 29.3 Å². The molecule has 2 rings (SSSR count). The quantitative estimate of drug-likeness (QED) is 0.615. The SMILES string of the molecule is CCNC(=NCc1cccc(CN(C)C)c1)NC1CC1. The largest absolute Gasteiger partial charge is 0.357 e. The average molecular weight is 274 g/mol. The molecule has 0 heterocycles. The summed E-state index contributed by atoms with van der Waals surface area (Å²) >= 11 is 0. The first kappa shape index (κ1) is 14.9. The van der Waals surface area contributed by atoms with E-state index in [-0.39, 0.29) is 0 Å². The molecule has 0 atom stereocenters. The van der Waals surface area contributed by atoms with Crippen LogP contribution in [0.5, 0.6) is 0 Å². The molecule has 0 bridgehead atoms. The third-order valence-electron chi connectivity index (χ3n) is 3.17. The van der Waals surface area contributed by atoms with Gasteiger partial charge in [-0.2, -0.15) is 0 Å². The molecule has 2 N–H and O–H groups in total. The van der Waals surface area contributed by atoms with Gasteiger partial charge in [-0.1, -0.05) is 24.3 Å². The fourth-order valence-corrected chi connectivity index (χ4v) is 2.10. The van der Waals surface area contributed by atoms with E-state index in [0.717, 1.165) is 25.6 Å². The number of guanidine groups is 1. The minimum Gasteiger partial charge on any atom is -0.357 e. The number of hydrogen-bond donors (Lipinski definition) is 2. The molecule has 0 radical (unpaired) electrons. The molecule has 4 nitrogen and oxygen atoms in total. The second-order valence-electron chi connectivity index (χ2n) is 5.67. The van der Waals surface area contributed by atoms with Crippen LogP contribution in [0, 0.1) is 0 Å². The van der Waals surface area contributed by atoms with Gasteiger partial charge in [0.05, 0.1) is 6.54 Å². The highest BCUT2D eigenvalue weighted by Gasteiger charge is 2.21. The summed E-state index contributed by atoms with van der Waals surface area (Å²) in [4.78, 5) is 6.85. The summed E-state index contributed by atoms with van der Waals surface area (Å²) in [5.74, 6) is 0.938. The van der Waals surface area contributed by atoms with Gasteiger partial charge in [-0.3, -0.25) is 0 Å². The summed E-state index contributed by atoms with van der Waals surface area (Å²) in [6.45, 7) is 4.70. The maximum atomic E-state index is 4.66. The lowest BCUT2D eigenvalue weighted by Gasteiger charge is -2.12. The van der Waals surface area contributed by atoms with Crippen LogP contribution in [0.1, 0.15) is 30.9 Å². The molecule has 1 aliphatic rings. The molecule has 1 aromatic rings. The van der Waals surface area contributed by atoms with Gasteiger partial charge >= 0.3 is 0 Å². The zero-order chi connectivity index (χ0) is 14.4. The second-order valence-corrected chi connectivity index (χ2v) is 5.67. The zero-order valence-corrected chi connectivity index (χ0v) is 12.8. The first-order chi connectivity index (χ1) is 9.67. The minimum atomic E-state index is 0.632. The van der Waals surface area contributed by atoms with Crippen molar-refractivity contribution in [2.45, 2.75) is 38.9 Å². The van der Waals surface area contributed by atoms with Crippen molar-refractivity contribution in [2.75, 3.05) is 20.6 Å². The summed E-state index contributed by atoms with van der Waals surface area (Å²) in [6.07, 6.45) is 2.53. The lowest BCUT2D eigenvalue weighted by molar-refractivity contribution is 0.402. The molecule has 1 aromatic carbocycles. The number of rotatable bonds is 6. The maximum Gasteiger partial charge on any atom is 0.191 e. The van der Waals surface area contributed by atoms with Crippen molar-refractivity contribution in [2.24, 2.45) is 4.99 Å². The third kappa shape index (κ3) is 5.21. The molecular weight excluding hydrogens is 248 g/mol. The molecule has 1 aliphatic carbocycles. The summed E-state index contributed by atoms with van der Waals surface area (Å²) in [7, 11) is 4.18. The normalized spacial score (nSPS) is 15.5. The predicted octanol–water partition coefficient (Wildman–Crippen LogP) is 1.97. The van der Waals surface area contributed by atoms with Crippen molar-refractivity contribution in [1.82, 2.24) is 15.5 Å².